The van der Waals surface area contributed by atoms with Crippen LogP contribution in [0.2, 0.25) is 5.15 Å². The highest BCUT2D eigenvalue weighted by molar-refractivity contribution is 6.30. The van der Waals surface area contributed by atoms with E-state index in [9.17, 15) is 4.79 Å². The van der Waals surface area contributed by atoms with E-state index in [1.54, 1.807) is 20.8 Å². The van der Waals surface area contributed by atoms with Gasteiger partial charge in [0.25, 0.3) is 0 Å². The summed E-state index contributed by atoms with van der Waals surface area (Å²) in [5.41, 5.74) is -0.401. The van der Waals surface area contributed by atoms with E-state index >= 15 is 0 Å². The fourth-order valence-corrected chi connectivity index (χ4v) is 2.09. The number of rotatable bonds is 4. The molecule has 2 rings (SSSR count). The molecule has 118 valence electrons. The van der Waals surface area contributed by atoms with Gasteiger partial charge in [0.05, 0.1) is 17.8 Å². The summed E-state index contributed by atoms with van der Waals surface area (Å²) in [5, 5.41) is 12.2. The Morgan fingerprint density at radius 2 is 2.27 bits per heavy atom. The second kappa shape index (κ2) is 6.51. The van der Waals surface area contributed by atoms with E-state index < -0.39 is 17.7 Å². The van der Waals surface area contributed by atoms with E-state index in [2.05, 4.69) is 10.3 Å². The van der Waals surface area contributed by atoms with Gasteiger partial charge in [-0.1, -0.05) is 11.6 Å². The van der Waals surface area contributed by atoms with Crippen LogP contribution in [0, 0.1) is 11.3 Å². The Bertz CT molecular complexity index is 603. The van der Waals surface area contributed by atoms with Crippen LogP contribution in [0.25, 0.3) is 0 Å². The highest BCUT2D eigenvalue weighted by Gasteiger charge is 2.37. The van der Waals surface area contributed by atoms with Gasteiger partial charge in [-0.2, -0.15) is 5.26 Å². The number of pyridine rings is 1. The average Bonchev–Trinajstić information content (AvgIpc) is 2.36. The Labute approximate surface area is 134 Å². The maximum absolute atomic E-state index is 12.3. The molecular formula is C15H18ClN3O3. The second-order valence-corrected chi connectivity index (χ2v) is 6.40. The number of carbonyl (C=O) groups excluding carboxylic acids is 1. The fraction of sp³-hybridized carbons (Fsp3) is 0.533. The molecule has 1 unspecified atom stereocenters. The normalized spacial score (nSPS) is 18.8. The molecule has 1 saturated heterocycles. The Kier molecular flexibility index (Phi) is 4.89. The second-order valence-electron chi connectivity index (χ2n) is 6.04. The topological polar surface area (TPSA) is 84.2 Å². The van der Waals surface area contributed by atoms with Crippen molar-refractivity contribution in [3.8, 4) is 11.8 Å². The van der Waals surface area contributed by atoms with Crippen LogP contribution in [0.15, 0.2) is 12.3 Å². The van der Waals surface area contributed by atoms with Gasteiger partial charge in [0.15, 0.2) is 0 Å². The Morgan fingerprint density at radius 3 is 2.77 bits per heavy atom. The standard InChI is InChI=1S/C15H18ClN3O3/c1-15(2,3)22-14(20)12(11-4-5-18-11)21-10-6-9(7-17)13(16)19-8-10/h6,8,11-12,18H,4-5H2,1-3H3/t11-,12?/m0/s1. The summed E-state index contributed by atoms with van der Waals surface area (Å²) in [4.78, 5) is 16.2. The Balaban J connectivity index is 2.17. The zero-order valence-corrected chi connectivity index (χ0v) is 13.5. The molecule has 1 aliphatic rings. The number of carbonyl (C=O) groups is 1. The van der Waals surface area contributed by atoms with Gasteiger partial charge in [0.2, 0.25) is 6.10 Å². The van der Waals surface area contributed by atoms with Crippen molar-refractivity contribution in [1.29, 1.82) is 5.26 Å². The van der Waals surface area contributed by atoms with E-state index in [4.69, 9.17) is 26.3 Å². The van der Waals surface area contributed by atoms with Gasteiger partial charge >= 0.3 is 5.97 Å². The third-order valence-corrected chi connectivity index (χ3v) is 3.37. The number of nitrogens with zero attached hydrogens (tertiary/aromatic N) is 2. The van der Waals surface area contributed by atoms with Crippen LogP contribution in [0.1, 0.15) is 32.8 Å². The van der Waals surface area contributed by atoms with Crippen molar-refractivity contribution < 1.29 is 14.3 Å². The van der Waals surface area contributed by atoms with Crippen LogP contribution < -0.4 is 10.1 Å². The van der Waals surface area contributed by atoms with E-state index in [1.807, 2.05) is 6.07 Å². The molecule has 2 heterocycles. The minimum Gasteiger partial charge on any atom is -0.475 e. The van der Waals surface area contributed by atoms with Crippen LogP contribution in [0.5, 0.6) is 5.75 Å². The lowest BCUT2D eigenvalue weighted by Gasteiger charge is -2.35. The van der Waals surface area contributed by atoms with Crippen molar-refractivity contribution in [3.05, 3.63) is 23.0 Å². The lowest BCUT2D eigenvalue weighted by atomic mass is 10.0. The van der Waals surface area contributed by atoms with Gasteiger partial charge in [-0.15, -0.1) is 0 Å². The van der Waals surface area contributed by atoms with Crippen LogP contribution in [0.4, 0.5) is 0 Å². The van der Waals surface area contributed by atoms with Crippen molar-refractivity contribution >= 4 is 17.6 Å². The lowest BCUT2D eigenvalue weighted by Crippen LogP contribution is -2.57. The summed E-state index contributed by atoms with van der Waals surface area (Å²) >= 11 is 5.79. The van der Waals surface area contributed by atoms with Gasteiger partial charge in [0, 0.05) is 6.07 Å². The molecule has 0 amide bonds. The summed E-state index contributed by atoms with van der Waals surface area (Å²) in [5.74, 6) is -0.135. The molecule has 0 bridgehead atoms. The number of ether oxygens (including phenoxy) is 2. The zero-order chi connectivity index (χ0) is 16.3. The first-order valence-corrected chi connectivity index (χ1v) is 7.36. The predicted octanol–water partition coefficient (Wildman–Crippen LogP) is 2.06. The van der Waals surface area contributed by atoms with E-state index in [-0.39, 0.29) is 16.8 Å². The van der Waals surface area contributed by atoms with Gasteiger partial charge in [-0.05, 0) is 33.7 Å². The van der Waals surface area contributed by atoms with Crippen LogP contribution in [-0.2, 0) is 9.53 Å². The molecule has 1 aromatic rings. The van der Waals surface area contributed by atoms with Gasteiger partial charge < -0.3 is 14.8 Å². The van der Waals surface area contributed by atoms with E-state index in [1.165, 1.54) is 12.3 Å². The molecule has 1 fully saturated rings. The summed E-state index contributed by atoms with van der Waals surface area (Å²) in [6.07, 6.45) is 1.41. The van der Waals surface area contributed by atoms with E-state index in [0.29, 0.717) is 5.75 Å². The van der Waals surface area contributed by atoms with Gasteiger partial charge in [-0.3, -0.25) is 0 Å². The Hall–Kier alpha value is -1.84. The molecule has 7 heteroatoms. The van der Waals surface area contributed by atoms with Crippen molar-refractivity contribution in [2.75, 3.05) is 6.54 Å². The number of aromatic nitrogens is 1. The highest BCUT2D eigenvalue weighted by atomic mass is 35.5. The smallest absolute Gasteiger partial charge is 0.349 e. The molecule has 1 aliphatic heterocycles. The molecular weight excluding hydrogens is 306 g/mol. The highest BCUT2D eigenvalue weighted by Crippen LogP contribution is 2.23. The zero-order valence-electron chi connectivity index (χ0n) is 12.7. The molecule has 0 saturated carbocycles. The van der Waals surface area contributed by atoms with Crippen LogP contribution >= 0.6 is 11.6 Å². The minimum atomic E-state index is -0.789. The summed E-state index contributed by atoms with van der Waals surface area (Å²) < 4.78 is 11.1. The third kappa shape index (κ3) is 4.09. The monoisotopic (exact) mass is 323 g/mol. The molecule has 0 aromatic carbocycles. The molecule has 1 aromatic heterocycles. The molecule has 22 heavy (non-hydrogen) atoms. The number of nitriles is 1. The predicted molar refractivity (Wildman–Crippen MR) is 80.6 cm³/mol. The largest absolute Gasteiger partial charge is 0.475 e. The van der Waals surface area contributed by atoms with Gasteiger partial charge in [0.1, 0.15) is 22.6 Å². The maximum Gasteiger partial charge on any atom is 0.349 e. The van der Waals surface area contributed by atoms with Crippen molar-refractivity contribution in [2.24, 2.45) is 0 Å². The molecule has 1 N–H and O–H groups in total. The molecule has 0 aliphatic carbocycles. The fourth-order valence-electron chi connectivity index (χ4n) is 1.94. The van der Waals surface area contributed by atoms with E-state index in [0.717, 1.165) is 13.0 Å². The molecule has 0 radical (unpaired) electrons. The van der Waals surface area contributed by atoms with Crippen LogP contribution in [0.3, 0.4) is 0 Å². The first kappa shape index (κ1) is 16.5. The number of nitrogens with one attached hydrogen (secondary N) is 1. The lowest BCUT2D eigenvalue weighted by molar-refractivity contribution is -0.165. The quantitative estimate of drug-likeness (QED) is 0.674. The van der Waals surface area contributed by atoms with Crippen LogP contribution in [-0.4, -0.2) is 35.2 Å². The number of hydrogen-bond donors (Lipinski definition) is 1. The molecule has 2 atom stereocenters. The summed E-state index contributed by atoms with van der Waals surface area (Å²) in [6.45, 7) is 6.23. The first-order valence-electron chi connectivity index (χ1n) is 6.99. The molecule has 6 nitrogen and oxygen atoms in total. The van der Waals surface area contributed by atoms with Crippen molar-refractivity contribution in [2.45, 2.75) is 44.9 Å². The third-order valence-electron chi connectivity index (χ3n) is 3.06. The number of halogens is 1. The first-order chi connectivity index (χ1) is 10.3. The molecule has 0 spiro atoms. The summed E-state index contributed by atoms with van der Waals surface area (Å²) in [6, 6.07) is 3.28. The van der Waals surface area contributed by atoms with Gasteiger partial charge in [-0.25, -0.2) is 9.78 Å². The Morgan fingerprint density at radius 1 is 1.59 bits per heavy atom. The number of esters is 1. The SMILES string of the molecule is CC(C)(C)OC(=O)C(Oc1cnc(Cl)c(C#N)c1)[C@@H]1CCN1. The average molecular weight is 324 g/mol. The van der Waals surface area contributed by atoms with Crippen molar-refractivity contribution in [1.82, 2.24) is 10.3 Å². The minimum absolute atomic E-state index is 0.102. The summed E-state index contributed by atoms with van der Waals surface area (Å²) in [7, 11) is 0. The van der Waals surface area contributed by atoms with Crippen molar-refractivity contribution in [3.63, 3.8) is 0 Å². The maximum atomic E-state index is 12.3. The number of hydrogen-bond acceptors (Lipinski definition) is 6.